The van der Waals surface area contributed by atoms with Crippen LogP contribution in [0.1, 0.15) is 43.7 Å². The third-order valence-electron chi connectivity index (χ3n) is 4.30. The Kier molecular flexibility index (Phi) is 4.87. The van der Waals surface area contributed by atoms with E-state index in [4.69, 9.17) is 0 Å². The first-order chi connectivity index (χ1) is 9.35. The Hall–Kier alpha value is -0.860. The molecule has 0 atom stereocenters. The Morgan fingerprint density at radius 2 is 1.75 bits per heavy atom. The fraction of sp³-hybridized carbons (Fsp3) is 0.667. The molecule has 0 spiro atoms. The first-order valence-corrected chi connectivity index (χ1v) is 7.80. The van der Waals surface area contributed by atoms with Gasteiger partial charge in [0.2, 0.25) is 0 Å². The van der Waals surface area contributed by atoms with Gasteiger partial charge in [-0.15, -0.1) is 0 Å². The van der Waals surface area contributed by atoms with Crippen LogP contribution in [0.4, 0.5) is 0 Å². The number of nitrogens with zero attached hydrogens (tertiary/aromatic N) is 1. The molecule has 1 aliphatic carbocycles. The molecule has 2 heteroatoms. The summed E-state index contributed by atoms with van der Waals surface area (Å²) in [6, 6.07) is 9.77. The molecule has 1 aromatic rings. The third kappa shape index (κ3) is 4.32. The zero-order valence-corrected chi connectivity index (χ0v) is 13.7. The number of benzene rings is 1. The van der Waals surface area contributed by atoms with E-state index in [0.29, 0.717) is 11.5 Å². The van der Waals surface area contributed by atoms with E-state index in [1.165, 1.54) is 24.0 Å². The summed E-state index contributed by atoms with van der Waals surface area (Å²) in [5.41, 5.74) is 3.22. The maximum absolute atomic E-state index is 3.75. The van der Waals surface area contributed by atoms with Crippen LogP contribution in [0.3, 0.4) is 0 Å². The summed E-state index contributed by atoms with van der Waals surface area (Å²) >= 11 is 0. The van der Waals surface area contributed by atoms with Crippen molar-refractivity contribution in [2.75, 3.05) is 27.2 Å². The van der Waals surface area contributed by atoms with Crippen molar-refractivity contribution in [3.05, 3.63) is 35.4 Å². The Balaban J connectivity index is 1.73. The molecule has 1 N–H and O–H groups in total. The molecule has 0 radical (unpaired) electrons. The summed E-state index contributed by atoms with van der Waals surface area (Å²) in [6.07, 6.45) is 2.59. The lowest BCUT2D eigenvalue weighted by Crippen LogP contribution is -2.46. The first-order valence-electron chi connectivity index (χ1n) is 7.80. The van der Waals surface area contributed by atoms with E-state index >= 15 is 0 Å². The van der Waals surface area contributed by atoms with Crippen LogP contribution in [0.5, 0.6) is 0 Å². The van der Waals surface area contributed by atoms with Crippen LogP contribution in [0.2, 0.25) is 0 Å². The van der Waals surface area contributed by atoms with E-state index < -0.39 is 0 Å². The summed E-state index contributed by atoms with van der Waals surface area (Å²) < 4.78 is 0. The maximum atomic E-state index is 3.75. The van der Waals surface area contributed by atoms with Crippen molar-refractivity contribution in [1.29, 1.82) is 0 Å². The Morgan fingerprint density at radius 1 is 1.15 bits per heavy atom. The zero-order chi connectivity index (χ0) is 14.8. The molecule has 0 amide bonds. The maximum Gasteiger partial charge on any atom is 0.00789 e. The van der Waals surface area contributed by atoms with Gasteiger partial charge in [-0.05, 0) is 50.8 Å². The van der Waals surface area contributed by atoms with Gasteiger partial charge in [-0.2, -0.15) is 0 Å². The molecule has 0 aliphatic heterocycles. The monoisotopic (exact) mass is 274 g/mol. The number of rotatable bonds is 6. The van der Waals surface area contributed by atoms with Crippen LogP contribution in [0, 0.1) is 12.3 Å². The van der Waals surface area contributed by atoms with Crippen molar-refractivity contribution in [3.63, 3.8) is 0 Å². The van der Waals surface area contributed by atoms with E-state index in [1.807, 2.05) is 0 Å². The lowest BCUT2D eigenvalue weighted by Gasteiger charge is -2.39. The number of hydrogen-bond donors (Lipinski definition) is 1. The topological polar surface area (TPSA) is 15.3 Å². The number of hydrogen-bond acceptors (Lipinski definition) is 2. The van der Waals surface area contributed by atoms with Crippen molar-refractivity contribution in [3.8, 4) is 0 Å². The fourth-order valence-electron chi connectivity index (χ4n) is 3.23. The van der Waals surface area contributed by atoms with Crippen LogP contribution in [-0.2, 0) is 0 Å². The van der Waals surface area contributed by atoms with Crippen molar-refractivity contribution in [1.82, 2.24) is 10.2 Å². The van der Waals surface area contributed by atoms with Crippen LogP contribution < -0.4 is 5.32 Å². The molecule has 0 saturated heterocycles. The fourth-order valence-corrected chi connectivity index (χ4v) is 3.23. The standard InChI is InChI=1S/C18H30N2/c1-14-6-8-15(9-7-14)16-10-17(11-16)19-12-18(2,3)13-20(4)5/h6-9,16-17,19H,10-13H2,1-5H3. The molecular formula is C18H30N2. The van der Waals surface area contributed by atoms with E-state index in [-0.39, 0.29) is 0 Å². The van der Waals surface area contributed by atoms with Crippen molar-refractivity contribution in [2.45, 2.75) is 45.6 Å². The Morgan fingerprint density at radius 3 is 2.30 bits per heavy atom. The highest BCUT2D eigenvalue weighted by Crippen LogP contribution is 2.37. The van der Waals surface area contributed by atoms with Gasteiger partial charge in [0, 0.05) is 19.1 Å². The third-order valence-corrected chi connectivity index (χ3v) is 4.30. The van der Waals surface area contributed by atoms with Crippen LogP contribution in [0.25, 0.3) is 0 Å². The molecule has 1 saturated carbocycles. The molecule has 2 nitrogen and oxygen atoms in total. The quantitative estimate of drug-likeness (QED) is 0.855. The molecule has 0 bridgehead atoms. The van der Waals surface area contributed by atoms with Gasteiger partial charge < -0.3 is 10.2 Å². The second kappa shape index (κ2) is 6.28. The van der Waals surface area contributed by atoms with E-state index in [1.54, 1.807) is 0 Å². The van der Waals surface area contributed by atoms with Gasteiger partial charge in [-0.25, -0.2) is 0 Å². The highest BCUT2D eigenvalue weighted by atomic mass is 15.1. The normalized spacial score (nSPS) is 22.9. The summed E-state index contributed by atoms with van der Waals surface area (Å²) in [4.78, 5) is 2.28. The minimum Gasteiger partial charge on any atom is -0.313 e. The minimum atomic E-state index is 0.346. The summed E-state index contributed by atoms with van der Waals surface area (Å²) in [7, 11) is 4.30. The molecule has 1 fully saturated rings. The van der Waals surface area contributed by atoms with Gasteiger partial charge in [0.1, 0.15) is 0 Å². The second-order valence-corrected chi connectivity index (χ2v) is 7.56. The average molecular weight is 274 g/mol. The summed E-state index contributed by atoms with van der Waals surface area (Å²) in [5, 5.41) is 3.75. The average Bonchev–Trinajstić information content (AvgIpc) is 2.27. The molecule has 112 valence electrons. The Bertz CT molecular complexity index is 414. The van der Waals surface area contributed by atoms with Crippen LogP contribution >= 0.6 is 0 Å². The Labute approximate surface area is 124 Å². The van der Waals surface area contributed by atoms with Crippen molar-refractivity contribution >= 4 is 0 Å². The molecule has 1 aromatic carbocycles. The van der Waals surface area contributed by atoms with Gasteiger partial charge in [-0.1, -0.05) is 43.7 Å². The number of aryl methyl sites for hydroxylation is 1. The van der Waals surface area contributed by atoms with Gasteiger partial charge in [0.05, 0.1) is 0 Å². The molecule has 0 heterocycles. The summed E-state index contributed by atoms with van der Waals surface area (Å²) in [5.74, 6) is 0.769. The number of nitrogens with one attached hydrogen (secondary N) is 1. The molecule has 20 heavy (non-hydrogen) atoms. The smallest absolute Gasteiger partial charge is 0.00789 e. The molecule has 2 rings (SSSR count). The van der Waals surface area contributed by atoms with E-state index in [2.05, 4.69) is 69.3 Å². The van der Waals surface area contributed by atoms with Gasteiger partial charge in [-0.3, -0.25) is 0 Å². The lowest BCUT2D eigenvalue weighted by molar-refractivity contribution is 0.200. The highest BCUT2D eigenvalue weighted by molar-refractivity contribution is 5.26. The molecule has 0 aromatic heterocycles. The molecule has 0 unspecified atom stereocenters. The molecular weight excluding hydrogens is 244 g/mol. The molecule has 1 aliphatic rings. The minimum absolute atomic E-state index is 0.346. The van der Waals surface area contributed by atoms with Gasteiger partial charge >= 0.3 is 0 Å². The first kappa shape index (κ1) is 15.5. The largest absolute Gasteiger partial charge is 0.313 e. The highest BCUT2D eigenvalue weighted by Gasteiger charge is 2.31. The van der Waals surface area contributed by atoms with Crippen LogP contribution in [-0.4, -0.2) is 38.1 Å². The van der Waals surface area contributed by atoms with Crippen molar-refractivity contribution in [2.24, 2.45) is 5.41 Å². The van der Waals surface area contributed by atoms with Gasteiger partial charge in [0.15, 0.2) is 0 Å². The lowest BCUT2D eigenvalue weighted by atomic mass is 9.75. The van der Waals surface area contributed by atoms with Crippen molar-refractivity contribution < 1.29 is 0 Å². The van der Waals surface area contributed by atoms with E-state index in [9.17, 15) is 0 Å². The second-order valence-electron chi connectivity index (χ2n) is 7.56. The predicted molar refractivity (Wildman–Crippen MR) is 87.3 cm³/mol. The van der Waals surface area contributed by atoms with E-state index in [0.717, 1.165) is 19.0 Å². The summed E-state index contributed by atoms with van der Waals surface area (Å²) in [6.45, 7) is 9.08. The predicted octanol–water partition coefficient (Wildman–Crippen LogP) is 3.42. The van der Waals surface area contributed by atoms with Gasteiger partial charge in [0.25, 0.3) is 0 Å². The zero-order valence-electron chi connectivity index (χ0n) is 13.7. The van der Waals surface area contributed by atoms with Crippen LogP contribution in [0.15, 0.2) is 24.3 Å². The SMILES string of the molecule is Cc1ccc(C2CC(NCC(C)(C)CN(C)C)C2)cc1.